The van der Waals surface area contributed by atoms with Gasteiger partial charge in [-0.25, -0.2) is 4.99 Å². The Balaban J connectivity index is 1.83. The van der Waals surface area contributed by atoms with Crippen molar-refractivity contribution in [1.29, 1.82) is 0 Å². The minimum absolute atomic E-state index is 0.202. The van der Waals surface area contributed by atoms with E-state index in [2.05, 4.69) is 25.5 Å². The highest BCUT2D eigenvalue weighted by Gasteiger charge is 2.19. The summed E-state index contributed by atoms with van der Waals surface area (Å²) in [5.41, 5.74) is 3.88. The van der Waals surface area contributed by atoms with Gasteiger partial charge in [0.2, 0.25) is 5.96 Å². The van der Waals surface area contributed by atoms with Crippen LogP contribution in [0.2, 0.25) is 0 Å². The zero-order chi connectivity index (χ0) is 15.9. The quantitative estimate of drug-likeness (QED) is 0.875. The second-order valence-corrected chi connectivity index (χ2v) is 5.92. The average molecular weight is 297 g/mol. The molecule has 0 fully saturated rings. The first-order valence-corrected chi connectivity index (χ1v) is 7.34. The number of benzene rings is 1. The smallest absolute Gasteiger partial charge is 0.258 e. The van der Waals surface area contributed by atoms with E-state index in [1.54, 1.807) is 6.07 Å². The molecule has 6 nitrogen and oxygen atoms in total. The van der Waals surface area contributed by atoms with Gasteiger partial charge >= 0.3 is 0 Å². The van der Waals surface area contributed by atoms with Gasteiger partial charge in [-0.15, -0.1) is 5.11 Å². The fraction of sp³-hybridized carbons (Fsp3) is 0.375. The monoisotopic (exact) mass is 297 g/mol. The number of H-pyrrole nitrogens is 1. The zero-order valence-electron chi connectivity index (χ0n) is 13.1. The van der Waals surface area contributed by atoms with Gasteiger partial charge in [0.15, 0.2) is 6.17 Å². The Labute approximate surface area is 128 Å². The number of azo groups is 1. The average Bonchev–Trinajstić information content (AvgIpc) is 3.05. The molecular weight excluding hydrogens is 278 g/mol. The van der Waals surface area contributed by atoms with E-state index in [1.165, 1.54) is 0 Å². The van der Waals surface area contributed by atoms with Crippen LogP contribution in [0.3, 0.4) is 0 Å². The number of carbonyl (C=O) groups excluding carboxylic acids is 1. The molecule has 3 rings (SSSR count). The van der Waals surface area contributed by atoms with Gasteiger partial charge in [0.1, 0.15) is 0 Å². The third kappa shape index (κ3) is 2.52. The first-order chi connectivity index (χ1) is 10.5. The van der Waals surface area contributed by atoms with E-state index < -0.39 is 0 Å². The molecule has 2 N–H and O–H groups in total. The van der Waals surface area contributed by atoms with E-state index in [0.717, 1.165) is 22.2 Å². The van der Waals surface area contributed by atoms with Crippen LogP contribution in [0, 0.1) is 19.8 Å². The maximum Gasteiger partial charge on any atom is 0.258 e. The highest BCUT2D eigenvalue weighted by molar-refractivity contribution is 6.07. The molecule has 1 atom stereocenters. The lowest BCUT2D eigenvalue weighted by molar-refractivity contribution is 0.0977. The van der Waals surface area contributed by atoms with Crippen LogP contribution in [0.5, 0.6) is 0 Å². The molecule has 114 valence electrons. The molecule has 0 bridgehead atoms. The van der Waals surface area contributed by atoms with Crippen molar-refractivity contribution >= 4 is 22.8 Å². The van der Waals surface area contributed by atoms with Crippen LogP contribution < -0.4 is 5.32 Å². The molecule has 1 aromatic heterocycles. The van der Waals surface area contributed by atoms with Gasteiger partial charge in [0.25, 0.3) is 5.91 Å². The van der Waals surface area contributed by atoms with Crippen molar-refractivity contribution in [2.45, 2.75) is 33.9 Å². The molecule has 0 saturated carbocycles. The van der Waals surface area contributed by atoms with E-state index in [-0.39, 0.29) is 24.0 Å². The van der Waals surface area contributed by atoms with Crippen LogP contribution in [0.15, 0.2) is 33.4 Å². The summed E-state index contributed by atoms with van der Waals surface area (Å²) >= 11 is 0. The number of aromatic nitrogens is 1. The predicted molar refractivity (Wildman–Crippen MR) is 86.2 cm³/mol. The lowest BCUT2D eigenvalue weighted by atomic mass is 10.1. The number of amides is 1. The summed E-state index contributed by atoms with van der Waals surface area (Å²) in [6.45, 7) is 8.10. The van der Waals surface area contributed by atoms with Gasteiger partial charge in [0.05, 0.1) is 0 Å². The number of aromatic amines is 1. The molecule has 1 aliphatic heterocycles. The van der Waals surface area contributed by atoms with Gasteiger partial charge in [0, 0.05) is 22.2 Å². The van der Waals surface area contributed by atoms with Crippen LogP contribution in [-0.2, 0) is 0 Å². The number of nitrogens with zero attached hydrogens (tertiary/aromatic N) is 3. The maximum absolute atomic E-state index is 12.3. The Morgan fingerprint density at radius 2 is 2.09 bits per heavy atom. The number of hydrogen-bond donors (Lipinski definition) is 2. The summed E-state index contributed by atoms with van der Waals surface area (Å²) in [7, 11) is 0. The minimum Gasteiger partial charge on any atom is -0.358 e. The van der Waals surface area contributed by atoms with E-state index in [4.69, 9.17) is 0 Å². The normalized spacial score (nSPS) is 17.3. The predicted octanol–water partition coefficient (Wildman–Crippen LogP) is 3.32. The van der Waals surface area contributed by atoms with Crippen molar-refractivity contribution in [2.24, 2.45) is 21.1 Å². The summed E-state index contributed by atoms with van der Waals surface area (Å²) in [4.78, 5) is 19.9. The molecule has 22 heavy (non-hydrogen) atoms. The molecule has 0 saturated heterocycles. The molecule has 2 aromatic rings. The number of guanidine groups is 1. The summed E-state index contributed by atoms with van der Waals surface area (Å²) in [6, 6.07) is 5.59. The molecule has 6 heteroatoms. The van der Waals surface area contributed by atoms with Gasteiger partial charge in [-0.3, -0.25) is 10.1 Å². The summed E-state index contributed by atoms with van der Waals surface area (Å²) in [5, 5.41) is 11.7. The Hall–Kier alpha value is -2.50. The second-order valence-electron chi connectivity index (χ2n) is 5.92. The van der Waals surface area contributed by atoms with Gasteiger partial charge in [-0.05, 0) is 43.5 Å². The lowest BCUT2D eigenvalue weighted by Gasteiger charge is -2.05. The largest absolute Gasteiger partial charge is 0.358 e. The lowest BCUT2D eigenvalue weighted by Crippen LogP contribution is -2.28. The molecule has 0 unspecified atom stereocenters. The summed E-state index contributed by atoms with van der Waals surface area (Å²) < 4.78 is 0. The third-order valence-electron chi connectivity index (χ3n) is 3.92. The number of nitrogens with one attached hydrogen (secondary N) is 2. The minimum atomic E-state index is -0.220. The molecular formula is C16H19N5O. The molecule has 0 radical (unpaired) electrons. The molecule has 1 aromatic carbocycles. The fourth-order valence-electron chi connectivity index (χ4n) is 2.41. The van der Waals surface area contributed by atoms with E-state index in [9.17, 15) is 4.79 Å². The Bertz CT molecular complexity index is 800. The summed E-state index contributed by atoms with van der Waals surface area (Å²) in [6.07, 6.45) is -0.202. The van der Waals surface area contributed by atoms with Crippen molar-refractivity contribution in [2.75, 3.05) is 0 Å². The number of carbonyl (C=O) groups is 1. The number of aryl methyl sites for hydroxylation is 2. The van der Waals surface area contributed by atoms with Crippen molar-refractivity contribution in [1.82, 2.24) is 10.3 Å². The van der Waals surface area contributed by atoms with E-state index in [0.29, 0.717) is 5.56 Å². The standard InChI is InChI=1S/C16H19N5O/c1-8(2)14-18-16(21-20-14)19-15(22)11-5-6-13-12(7-11)9(3)10(4)17-13/h5-8,14,17H,1-4H3,(H,18,19,22)/t14-/m0/s1. The molecule has 1 aliphatic rings. The maximum atomic E-state index is 12.3. The zero-order valence-corrected chi connectivity index (χ0v) is 13.1. The highest BCUT2D eigenvalue weighted by atomic mass is 16.1. The number of rotatable bonds is 2. The van der Waals surface area contributed by atoms with Crippen LogP contribution in [0.25, 0.3) is 10.9 Å². The summed E-state index contributed by atoms with van der Waals surface area (Å²) in [5.74, 6) is 0.327. The van der Waals surface area contributed by atoms with Crippen LogP contribution in [0.4, 0.5) is 0 Å². The van der Waals surface area contributed by atoms with Crippen molar-refractivity contribution in [3.8, 4) is 0 Å². The fourth-order valence-corrected chi connectivity index (χ4v) is 2.41. The van der Waals surface area contributed by atoms with Crippen LogP contribution in [-0.4, -0.2) is 23.0 Å². The Kier molecular flexibility index (Phi) is 3.52. The van der Waals surface area contributed by atoms with Crippen molar-refractivity contribution in [3.05, 3.63) is 35.0 Å². The SMILES string of the molecule is Cc1[nH]c2ccc(C(=O)NC3=N[C@H](C(C)C)N=N3)cc2c1C. The number of fused-ring (bicyclic) bond motifs is 1. The molecule has 2 heterocycles. The van der Waals surface area contributed by atoms with Gasteiger partial charge in [-0.1, -0.05) is 13.8 Å². The van der Waals surface area contributed by atoms with Gasteiger partial charge in [-0.2, -0.15) is 5.11 Å². The second kappa shape index (κ2) is 5.36. The van der Waals surface area contributed by atoms with Crippen LogP contribution in [0.1, 0.15) is 35.5 Å². The molecule has 1 amide bonds. The number of aliphatic imine (C=N–C) groups is 1. The molecule has 0 aliphatic carbocycles. The molecule has 0 spiro atoms. The van der Waals surface area contributed by atoms with E-state index >= 15 is 0 Å². The topological polar surface area (TPSA) is 82.0 Å². The first kappa shape index (κ1) is 14.4. The van der Waals surface area contributed by atoms with Crippen molar-refractivity contribution in [3.63, 3.8) is 0 Å². The Morgan fingerprint density at radius 1 is 1.32 bits per heavy atom. The van der Waals surface area contributed by atoms with E-state index in [1.807, 2.05) is 39.8 Å². The van der Waals surface area contributed by atoms with Gasteiger partial charge < -0.3 is 4.98 Å². The van der Waals surface area contributed by atoms with Crippen molar-refractivity contribution < 1.29 is 4.79 Å². The number of hydrogen-bond acceptors (Lipinski definition) is 4. The van der Waals surface area contributed by atoms with Crippen LogP contribution >= 0.6 is 0 Å². The first-order valence-electron chi connectivity index (χ1n) is 7.34. The highest BCUT2D eigenvalue weighted by Crippen LogP contribution is 2.22. The third-order valence-corrected chi connectivity index (χ3v) is 3.92. The Morgan fingerprint density at radius 3 is 2.77 bits per heavy atom.